The molecular weight excluding hydrogens is 216 g/mol. The number of aliphatic carboxylic acids is 1. The molecule has 0 bridgehead atoms. The molecule has 64 valence electrons. The SMILES string of the molecule is NCC(NC(=O)CBr)C(=O)O. The molecule has 0 fully saturated rings. The zero-order valence-corrected chi connectivity index (χ0v) is 7.30. The summed E-state index contributed by atoms with van der Waals surface area (Å²) in [6, 6.07) is -0.986. The lowest BCUT2D eigenvalue weighted by atomic mass is 10.3. The van der Waals surface area contributed by atoms with Crippen molar-refractivity contribution in [3.63, 3.8) is 0 Å². The van der Waals surface area contributed by atoms with Gasteiger partial charge in [0, 0.05) is 6.54 Å². The number of carboxylic acid groups (broad SMARTS) is 1. The van der Waals surface area contributed by atoms with Crippen LogP contribution in [0.3, 0.4) is 0 Å². The molecule has 0 radical (unpaired) electrons. The average molecular weight is 225 g/mol. The molecule has 0 aliphatic heterocycles. The maximum atomic E-state index is 10.6. The van der Waals surface area contributed by atoms with E-state index in [4.69, 9.17) is 10.8 Å². The largest absolute Gasteiger partial charge is 0.480 e. The molecule has 0 aromatic carbocycles. The molecule has 4 N–H and O–H groups in total. The molecule has 0 aromatic rings. The number of carbonyl (C=O) groups excluding carboxylic acids is 1. The Morgan fingerprint density at radius 3 is 2.45 bits per heavy atom. The Morgan fingerprint density at radius 1 is 1.64 bits per heavy atom. The normalized spacial score (nSPS) is 12.2. The van der Waals surface area contributed by atoms with Crippen LogP contribution in [-0.4, -0.2) is 34.9 Å². The topological polar surface area (TPSA) is 92.4 Å². The summed E-state index contributed by atoms with van der Waals surface area (Å²) < 4.78 is 0. The molecule has 5 nitrogen and oxygen atoms in total. The molecule has 0 aliphatic carbocycles. The van der Waals surface area contributed by atoms with Gasteiger partial charge in [0.05, 0.1) is 5.33 Å². The fourth-order valence-electron chi connectivity index (χ4n) is 0.454. The number of halogens is 1. The molecule has 11 heavy (non-hydrogen) atoms. The third kappa shape index (κ3) is 3.94. The molecule has 0 saturated heterocycles. The van der Waals surface area contributed by atoms with Crippen molar-refractivity contribution in [2.45, 2.75) is 6.04 Å². The molecule has 0 rings (SSSR count). The van der Waals surface area contributed by atoms with E-state index in [0.29, 0.717) is 0 Å². The summed E-state index contributed by atoms with van der Waals surface area (Å²) in [7, 11) is 0. The van der Waals surface area contributed by atoms with Crippen LogP contribution in [0.2, 0.25) is 0 Å². The minimum absolute atomic E-state index is 0.0801. The van der Waals surface area contributed by atoms with Crippen LogP contribution in [0.1, 0.15) is 0 Å². The molecule has 1 amide bonds. The molecule has 6 heteroatoms. The highest BCUT2D eigenvalue weighted by molar-refractivity contribution is 9.09. The number of hydrogen-bond donors (Lipinski definition) is 3. The number of rotatable bonds is 4. The van der Waals surface area contributed by atoms with Gasteiger partial charge in [0.2, 0.25) is 5.91 Å². The second-order valence-electron chi connectivity index (χ2n) is 1.83. The molecule has 0 saturated carbocycles. The summed E-state index contributed by atoms with van der Waals surface area (Å²) in [5, 5.41) is 10.7. The number of nitrogens with two attached hydrogens (primary N) is 1. The third-order valence-electron chi connectivity index (χ3n) is 0.990. The van der Waals surface area contributed by atoms with Gasteiger partial charge in [-0.2, -0.15) is 0 Å². The van der Waals surface area contributed by atoms with Gasteiger partial charge in [0.25, 0.3) is 0 Å². The number of alkyl halides is 1. The van der Waals surface area contributed by atoms with Crippen molar-refractivity contribution in [3.05, 3.63) is 0 Å². The summed E-state index contributed by atoms with van der Waals surface area (Å²) in [6.45, 7) is -0.103. The van der Waals surface area contributed by atoms with Crippen molar-refractivity contribution in [2.24, 2.45) is 5.73 Å². The first kappa shape index (κ1) is 10.4. The van der Waals surface area contributed by atoms with Gasteiger partial charge < -0.3 is 16.2 Å². The van der Waals surface area contributed by atoms with E-state index in [1.807, 2.05) is 0 Å². The van der Waals surface area contributed by atoms with E-state index in [2.05, 4.69) is 21.2 Å². The smallest absolute Gasteiger partial charge is 0.327 e. The Morgan fingerprint density at radius 2 is 2.18 bits per heavy atom. The standard InChI is InChI=1S/C5H9BrN2O3/c6-1-4(9)8-3(2-7)5(10)11/h3H,1-2,7H2,(H,8,9)(H,10,11). The number of hydrogen-bond acceptors (Lipinski definition) is 3. The maximum Gasteiger partial charge on any atom is 0.327 e. The van der Waals surface area contributed by atoms with E-state index in [9.17, 15) is 9.59 Å². The fourth-order valence-corrected chi connectivity index (χ4v) is 0.616. The number of amides is 1. The fraction of sp³-hybridized carbons (Fsp3) is 0.600. The Balaban J connectivity index is 3.88. The van der Waals surface area contributed by atoms with Crippen molar-refractivity contribution in [2.75, 3.05) is 11.9 Å². The lowest BCUT2D eigenvalue weighted by Gasteiger charge is -2.09. The number of carbonyl (C=O) groups is 2. The van der Waals surface area contributed by atoms with Crippen molar-refractivity contribution in [3.8, 4) is 0 Å². The molecule has 0 aliphatic rings. The highest BCUT2D eigenvalue weighted by Crippen LogP contribution is 1.84. The van der Waals surface area contributed by atoms with E-state index in [-0.39, 0.29) is 17.8 Å². The summed E-state index contributed by atoms with van der Waals surface area (Å²) in [5.74, 6) is -1.51. The average Bonchev–Trinajstić information content (AvgIpc) is 1.99. The lowest BCUT2D eigenvalue weighted by Crippen LogP contribution is -2.46. The van der Waals surface area contributed by atoms with Crippen LogP contribution < -0.4 is 11.1 Å². The quantitative estimate of drug-likeness (QED) is 0.530. The summed E-state index contributed by atoms with van der Waals surface area (Å²) >= 11 is 2.88. The van der Waals surface area contributed by atoms with Crippen LogP contribution in [0.5, 0.6) is 0 Å². The highest BCUT2D eigenvalue weighted by atomic mass is 79.9. The molecule has 0 heterocycles. The Labute approximate surface area is 72.1 Å². The predicted octanol–water partition coefficient (Wildman–Crippen LogP) is -1.09. The highest BCUT2D eigenvalue weighted by Gasteiger charge is 2.16. The van der Waals surface area contributed by atoms with Crippen LogP contribution in [0.15, 0.2) is 0 Å². The van der Waals surface area contributed by atoms with Gasteiger partial charge >= 0.3 is 5.97 Å². The molecule has 0 aromatic heterocycles. The van der Waals surface area contributed by atoms with E-state index in [0.717, 1.165) is 0 Å². The van der Waals surface area contributed by atoms with Crippen LogP contribution in [0.4, 0.5) is 0 Å². The van der Waals surface area contributed by atoms with Gasteiger partial charge in [-0.3, -0.25) is 4.79 Å². The van der Waals surface area contributed by atoms with E-state index in [1.54, 1.807) is 0 Å². The van der Waals surface area contributed by atoms with Gasteiger partial charge in [0.15, 0.2) is 0 Å². The van der Waals surface area contributed by atoms with Crippen LogP contribution >= 0.6 is 15.9 Å². The monoisotopic (exact) mass is 224 g/mol. The van der Waals surface area contributed by atoms with Gasteiger partial charge in [-0.25, -0.2) is 4.79 Å². The Kier molecular flexibility index (Phi) is 4.80. The van der Waals surface area contributed by atoms with Gasteiger partial charge in [-0.15, -0.1) is 0 Å². The molecule has 0 spiro atoms. The first-order valence-corrected chi connectivity index (χ1v) is 4.02. The molecular formula is C5H9BrN2O3. The summed E-state index contributed by atoms with van der Waals surface area (Å²) in [5.41, 5.74) is 5.07. The van der Waals surface area contributed by atoms with Gasteiger partial charge in [0.1, 0.15) is 6.04 Å². The molecule has 1 atom stereocenters. The molecule has 1 unspecified atom stereocenters. The van der Waals surface area contributed by atoms with Crippen molar-refractivity contribution < 1.29 is 14.7 Å². The Hall–Kier alpha value is -0.620. The van der Waals surface area contributed by atoms with Crippen LogP contribution in [0, 0.1) is 0 Å². The van der Waals surface area contributed by atoms with Crippen molar-refractivity contribution >= 4 is 27.8 Å². The van der Waals surface area contributed by atoms with E-state index >= 15 is 0 Å². The number of nitrogens with one attached hydrogen (secondary N) is 1. The first-order chi connectivity index (χ1) is 5.11. The van der Waals surface area contributed by atoms with Crippen molar-refractivity contribution in [1.82, 2.24) is 5.32 Å². The zero-order valence-electron chi connectivity index (χ0n) is 5.71. The minimum Gasteiger partial charge on any atom is -0.480 e. The van der Waals surface area contributed by atoms with E-state index in [1.165, 1.54) is 0 Å². The zero-order chi connectivity index (χ0) is 8.85. The summed E-state index contributed by atoms with van der Waals surface area (Å²) in [6.07, 6.45) is 0. The third-order valence-corrected chi connectivity index (χ3v) is 1.50. The lowest BCUT2D eigenvalue weighted by molar-refractivity contribution is -0.141. The van der Waals surface area contributed by atoms with Gasteiger partial charge in [-0.05, 0) is 0 Å². The van der Waals surface area contributed by atoms with Crippen LogP contribution in [0.25, 0.3) is 0 Å². The first-order valence-electron chi connectivity index (χ1n) is 2.90. The Bertz CT molecular complexity index is 162. The predicted molar refractivity (Wildman–Crippen MR) is 42.4 cm³/mol. The van der Waals surface area contributed by atoms with E-state index < -0.39 is 12.0 Å². The summed E-state index contributed by atoms with van der Waals surface area (Å²) in [4.78, 5) is 20.9. The number of carboxylic acids is 1. The van der Waals surface area contributed by atoms with Gasteiger partial charge in [-0.1, -0.05) is 15.9 Å². The minimum atomic E-state index is -1.12. The second-order valence-corrected chi connectivity index (χ2v) is 2.39. The van der Waals surface area contributed by atoms with Crippen molar-refractivity contribution in [1.29, 1.82) is 0 Å². The maximum absolute atomic E-state index is 10.6. The second kappa shape index (κ2) is 5.09. The van der Waals surface area contributed by atoms with Crippen LogP contribution in [-0.2, 0) is 9.59 Å².